The molecule has 5 atom stereocenters. The minimum Gasteiger partial charge on any atom is -0.750 e. The van der Waals surface area contributed by atoms with Gasteiger partial charge in [0, 0.05) is 6.92 Å². The van der Waals surface area contributed by atoms with Gasteiger partial charge in [-0.1, -0.05) is 0 Å². The molecule has 5 unspecified atom stereocenters. The zero-order valence-corrected chi connectivity index (χ0v) is 18.3. The van der Waals surface area contributed by atoms with Gasteiger partial charge in [-0.2, -0.15) is 0 Å². The summed E-state index contributed by atoms with van der Waals surface area (Å²) in [5.41, 5.74) is 0. The van der Waals surface area contributed by atoms with Crippen LogP contribution in [0.5, 0.6) is 0 Å². The van der Waals surface area contributed by atoms with Crippen molar-refractivity contribution in [3.05, 3.63) is 0 Å². The van der Waals surface area contributed by atoms with Gasteiger partial charge in [0.25, 0.3) is 0 Å². The Morgan fingerprint density at radius 3 is 2.48 bits per heavy atom. The molecule has 0 radical (unpaired) electrons. The van der Waals surface area contributed by atoms with Crippen molar-refractivity contribution < 1.29 is 104 Å². The fourth-order valence-corrected chi connectivity index (χ4v) is 2.53. The zero-order valence-electron chi connectivity index (χ0n) is 12.7. The molecule has 1 heterocycles. The van der Waals surface area contributed by atoms with Crippen molar-refractivity contribution in [2.45, 2.75) is 31.3 Å². The van der Waals surface area contributed by atoms with Crippen molar-refractivity contribution in [3.8, 4) is 0 Å². The monoisotopic (exact) mass is 393 g/mol. The van der Waals surface area contributed by atoms with Crippen molar-refractivity contribution in [2.24, 2.45) is 0 Å². The maximum Gasteiger partial charge on any atom is 1.00 e. The van der Waals surface area contributed by atoms with E-state index in [-0.39, 0.29) is 65.7 Å². The zero-order chi connectivity index (χ0) is 16.2. The molecule has 0 aliphatic carbocycles. The molecule has 15 heteroatoms. The first-order valence-corrected chi connectivity index (χ1v) is 7.87. The molecule has 1 aliphatic heterocycles. The fraction of sp³-hybridized carbons (Fsp3) is 0.875. The predicted molar refractivity (Wildman–Crippen MR) is 62.8 cm³/mol. The average Bonchev–Trinajstić information content (AvgIpc) is 2.31. The number of aliphatic hydroxyl groups is 1. The summed E-state index contributed by atoms with van der Waals surface area (Å²) in [6.07, 6.45) is -4.66. The molecule has 0 bridgehead atoms. The van der Waals surface area contributed by atoms with E-state index in [1.165, 1.54) is 0 Å². The van der Waals surface area contributed by atoms with E-state index >= 15 is 0 Å². The number of hydrogen-bond acceptors (Lipinski definition) is 10. The number of ether oxygens (including phenoxy) is 1. The minimum absolute atomic E-state index is 0. The second-order valence-corrected chi connectivity index (χ2v) is 5.78. The van der Waals surface area contributed by atoms with E-state index in [4.69, 9.17) is 4.74 Å². The molecule has 0 saturated carbocycles. The summed E-state index contributed by atoms with van der Waals surface area (Å²) < 4.78 is 66.0. The first-order chi connectivity index (χ1) is 9.60. The molecule has 0 aromatic rings. The summed E-state index contributed by atoms with van der Waals surface area (Å²) in [4.78, 5) is 10.9. The maximum absolute atomic E-state index is 10.9. The Morgan fingerprint density at radius 2 is 2.04 bits per heavy atom. The van der Waals surface area contributed by atoms with E-state index in [9.17, 15) is 31.6 Å². The number of hydrogen-bond donors (Lipinski definition) is 2. The number of amides is 1. The van der Waals surface area contributed by atoms with Crippen molar-refractivity contribution >= 4 is 27.7 Å². The third kappa shape index (κ3) is 10.2. The van der Waals surface area contributed by atoms with Crippen LogP contribution in [-0.4, -0.2) is 70.3 Å². The van der Waals surface area contributed by atoms with Gasteiger partial charge in [0.05, 0.1) is 30.6 Å². The van der Waals surface area contributed by atoms with Gasteiger partial charge >= 0.3 is 59.1 Å². The minimum atomic E-state index is -5.19. The van der Waals surface area contributed by atoms with E-state index in [1.54, 1.807) is 0 Å². The molecular formula is C8H13NNa2O10S2. The van der Waals surface area contributed by atoms with Crippen LogP contribution in [0.2, 0.25) is 0 Å². The summed E-state index contributed by atoms with van der Waals surface area (Å²) in [6.45, 7) is 0.238. The summed E-state index contributed by atoms with van der Waals surface area (Å²) in [5.74, 6) is -0.526. The first kappa shape index (κ1) is 26.6. The molecule has 1 rings (SSSR count). The van der Waals surface area contributed by atoms with Crippen LogP contribution in [-0.2, 0) is 39.7 Å². The van der Waals surface area contributed by atoms with Crippen LogP contribution in [0.3, 0.4) is 0 Å². The Labute approximate surface area is 179 Å². The third-order valence-electron chi connectivity index (χ3n) is 2.55. The second-order valence-electron chi connectivity index (χ2n) is 4.13. The van der Waals surface area contributed by atoms with Gasteiger partial charge in [-0.05, 0) is 0 Å². The molecule has 11 nitrogen and oxygen atoms in total. The Bertz CT molecular complexity index is 501. The predicted octanol–water partition coefficient (Wildman–Crippen LogP) is -9.09. The van der Waals surface area contributed by atoms with Crippen molar-refractivity contribution in [3.63, 3.8) is 0 Å². The summed E-state index contributed by atoms with van der Waals surface area (Å²) in [7, 11) is -5.19. The largest absolute Gasteiger partial charge is 1.00 e. The van der Waals surface area contributed by atoms with Crippen molar-refractivity contribution in [2.75, 3.05) is 13.2 Å². The van der Waals surface area contributed by atoms with Gasteiger partial charge in [0.15, 0.2) is 0 Å². The number of aliphatic hydroxyl groups excluding tert-OH is 1. The van der Waals surface area contributed by atoms with Gasteiger partial charge in [-0.15, -0.1) is 0 Å². The molecule has 1 saturated heterocycles. The van der Waals surface area contributed by atoms with E-state index < -0.39 is 58.6 Å². The molecule has 2 N–H and O–H groups in total. The Hall–Kier alpha value is 1.33. The van der Waals surface area contributed by atoms with Gasteiger partial charge in [-0.3, -0.25) is 13.2 Å². The van der Waals surface area contributed by atoms with Crippen LogP contribution in [0.1, 0.15) is 6.92 Å². The molecule has 0 aromatic carbocycles. The molecule has 0 spiro atoms. The van der Waals surface area contributed by atoms with Crippen LogP contribution in [0.15, 0.2) is 0 Å². The van der Waals surface area contributed by atoms with E-state index in [1.807, 2.05) is 0 Å². The molecule has 1 aliphatic rings. The summed E-state index contributed by atoms with van der Waals surface area (Å²) >= 11 is -2.90. The van der Waals surface area contributed by atoms with Gasteiger partial charge in [-0.25, -0.2) is 12.6 Å². The van der Waals surface area contributed by atoms with Crippen LogP contribution in [0.25, 0.3) is 0 Å². The standard InChI is InChI=1S/C8H15NO10S2.2Na/c1-4(10)9-5-2-17-6(3-18-20(12)13)8(7(5)11)19-21(14,15)16;;/h5-8,11H,2-3H2,1H3,(H,9,10)(H,12,13)(H,14,15,16);;/q;2*+1/p-2. The number of carbonyl (C=O) groups excluding carboxylic acids is 1. The summed E-state index contributed by atoms with van der Waals surface area (Å²) in [6, 6.07) is -1.02. The normalized spacial score (nSPS) is 28.9. The molecule has 1 fully saturated rings. The second kappa shape index (κ2) is 11.9. The molecule has 124 valence electrons. The summed E-state index contributed by atoms with van der Waals surface area (Å²) in [5, 5.41) is 12.2. The Morgan fingerprint density at radius 1 is 1.48 bits per heavy atom. The third-order valence-corrected chi connectivity index (χ3v) is 3.34. The van der Waals surface area contributed by atoms with Crippen molar-refractivity contribution in [1.29, 1.82) is 0 Å². The van der Waals surface area contributed by atoms with Gasteiger partial charge < -0.3 is 24.3 Å². The average molecular weight is 393 g/mol. The van der Waals surface area contributed by atoms with E-state index in [0.29, 0.717) is 0 Å². The van der Waals surface area contributed by atoms with Crippen LogP contribution >= 0.6 is 0 Å². The van der Waals surface area contributed by atoms with Gasteiger partial charge in [0.1, 0.15) is 18.3 Å². The quantitative estimate of drug-likeness (QED) is 0.191. The molecule has 0 aromatic heterocycles. The van der Waals surface area contributed by atoms with Crippen LogP contribution < -0.4 is 64.4 Å². The van der Waals surface area contributed by atoms with Crippen molar-refractivity contribution in [1.82, 2.24) is 5.32 Å². The smallest absolute Gasteiger partial charge is 0.750 e. The number of carbonyl (C=O) groups is 1. The topological polar surface area (TPSA) is 174 Å². The maximum atomic E-state index is 10.9. The molecular weight excluding hydrogens is 380 g/mol. The molecule has 1 amide bonds. The number of rotatable bonds is 6. The van der Waals surface area contributed by atoms with E-state index in [0.717, 1.165) is 6.92 Å². The van der Waals surface area contributed by atoms with E-state index in [2.05, 4.69) is 13.7 Å². The molecule has 23 heavy (non-hydrogen) atoms. The van der Waals surface area contributed by atoms with Crippen LogP contribution in [0.4, 0.5) is 0 Å². The SMILES string of the molecule is CC(=O)NC1COC(COS(=O)[O-])C(OS(=O)(=O)[O-])C1O.[Na+].[Na+]. The van der Waals surface area contributed by atoms with Gasteiger partial charge in [0.2, 0.25) is 16.3 Å². The Balaban J connectivity index is 0. The Kier molecular flexibility index (Phi) is 13.7. The first-order valence-electron chi connectivity index (χ1n) is 5.53. The fourth-order valence-electron chi connectivity index (χ4n) is 1.78. The number of nitrogens with one attached hydrogen (secondary N) is 1. The van der Waals surface area contributed by atoms with Crippen LogP contribution in [0, 0.1) is 0 Å².